The van der Waals surface area contributed by atoms with Crippen molar-refractivity contribution in [2.24, 2.45) is 10.4 Å². The van der Waals surface area contributed by atoms with Gasteiger partial charge in [0, 0.05) is 55.9 Å². The molecule has 0 unspecified atom stereocenters. The van der Waals surface area contributed by atoms with Gasteiger partial charge in [0.25, 0.3) is 0 Å². The van der Waals surface area contributed by atoms with Gasteiger partial charge in [-0.25, -0.2) is 14.4 Å². The number of anilines is 1. The minimum Gasteiger partial charge on any atom is -0.358 e. The molecule has 1 aliphatic rings. The average molecular weight is 510 g/mol. The number of H-pyrrole nitrogens is 1. The van der Waals surface area contributed by atoms with Gasteiger partial charge in [-0.3, -0.25) is 4.98 Å². The first-order valence-corrected chi connectivity index (χ1v) is 12.8. The summed E-state index contributed by atoms with van der Waals surface area (Å²) in [5, 5.41) is 6.79. The molecule has 1 aromatic carbocycles. The Hall–Kier alpha value is -4.10. The number of aryl methyl sites for hydroxylation is 1. The van der Waals surface area contributed by atoms with Gasteiger partial charge >= 0.3 is 0 Å². The third-order valence-corrected chi connectivity index (χ3v) is 7.16. The van der Waals surface area contributed by atoms with Crippen molar-refractivity contribution in [1.82, 2.24) is 15.0 Å². The molecule has 0 saturated heterocycles. The first-order valence-electron chi connectivity index (χ1n) is 11.9. The van der Waals surface area contributed by atoms with Crippen LogP contribution in [0, 0.1) is 18.2 Å². The van der Waals surface area contributed by atoms with E-state index < -0.39 is 0 Å². The van der Waals surface area contributed by atoms with Crippen molar-refractivity contribution in [1.29, 1.82) is 0 Å². The molecule has 0 aliphatic carbocycles. The number of nitrogens with one attached hydrogen (secondary N) is 2. The van der Waals surface area contributed by atoms with E-state index in [2.05, 4.69) is 60.3 Å². The van der Waals surface area contributed by atoms with Crippen LogP contribution in [-0.4, -0.2) is 15.0 Å². The van der Waals surface area contributed by atoms with Gasteiger partial charge in [0.1, 0.15) is 11.5 Å². The molecule has 0 fully saturated rings. The van der Waals surface area contributed by atoms with E-state index in [9.17, 15) is 0 Å². The Morgan fingerprint density at radius 1 is 1.19 bits per heavy atom. The van der Waals surface area contributed by atoms with Crippen LogP contribution in [0.15, 0.2) is 84.1 Å². The summed E-state index contributed by atoms with van der Waals surface area (Å²) in [4.78, 5) is 18.2. The molecule has 0 amide bonds. The number of halogens is 1. The Labute approximate surface area is 219 Å². The molecule has 0 spiro atoms. The van der Waals surface area contributed by atoms with Crippen molar-refractivity contribution in [2.45, 2.75) is 27.7 Å². The topological polar surface area (TPSA) is 66.0 Å². The van der Waals surface area contributed by atoms with Crippen LogP contribution < -0.4 is 15.9 Å². The van der Waals surface area contributed by atoms with Crippen molar-refractivity contribution >= 4 is 28.3 Å². The van der Waals surface area contributed by atoms with Gasteiger partial charge in [0.05, 0.1) is 22.9 Å². The zero-order valence-corrected chi connectivity index (χ0v) is 22.1. The van der Waals surface area contributed by atoms with E-state index in [4.69, 9.17) is 4.98 Å². The first-order chi connectivity index (χ1) is 17.7. The highest BCUT2D eigenvalue weighted by atomic mass is 32.1. The van der Waals surface area contributed by atoms with Crippen LogP contribution in [0.4, 0.5) is 10.1 Å². The summed E-state index contributed by atoms with van der Waals surface area (Å²) in [6.45, 7) is 16.2. The van der Waals surface area contributed by atoms with E-state index in [-0.39, 0.29) is 11.2 Å². The maximum Gasteiger partial charge on any atom is 0.157 e. The summed E-state index contributed by atoms with van der Waals surface area (Å²) in [6.07, 6.45) is 7.10. The van der Waals surface area contributed by atoms with Crippen LogP contribution in [-0.2, 0) is 0 Å². The van der Waals surface area contributed by atoms with Crippen molar-refractivity contribution in [2.75, 3.05) is 5.32 Å². The minimum atomic E-state index is -0.347. The largest absolute Gasteiger partial charge is 0.358 e. The lowest BCUT2D eigenvalue weighted by molar-refractivity contribution is 0.509. The molecular weight excluding hydrogens is 481 g/mol. The third kappa shape index (κ3) is 4.70. The number of fused-ring (bicyclic) bond motifs is 1. The summed E-state index contributed by atoms with van der Waals surface area (Å²) in [7, 11) is 0. The SMILES string of the molecule is C=C/C=C(/c1cccs1)c1nc(C2=c3cc(-c4cncc(NC(=C)C(C)(C)C)c4)c(F)cc3=N2)[nH]c1C. The van der Waals surface area contributed by atoms with Gasteiger partial charge in [-0.2, -0.15) is 0 Å². The molecule has 37 heavy (non-hydrogen) atoms. The van der Waals surface area contributed by atoms with Gasteiger partial charge < -0.3 is 10.3 Å². The maximum atomic E-state index is 15.1. The van der Waals surface area contributed by atoms with Crippen LogP contribution in [0.3, 0.4) is 0 Å². The molecule has 5 rings (SSSR count). The monoisotopic (exact) mass is 509 g/mol. The molecule has 2 N–H and O–H groups in total. The molecule has 1 aliphatic heterocycles. The number of benzene rings is 1. The van der Waals surface area contributed by atoms with Crippen molar-refractivity contribution in [3.63, 3.8) is 0 Å². The van der Waals surface area contributed by atoms with E-state index in [1.54, 1.807) is 29.8 Å². The zero-order valence-electron chi connectivity index (χ0n) is 21.3. The number of pyridine rings is 1. The number of nitrogens with zero attached hydrogens (tertiary/aromatic N) is 3. The highest BCUT2D eigenvalue weighted by molar-refractivity contribution is 7.11. The van der Waals surface area contributed by atoms with E-state index >= 15 is 4.39 Å². The first kappa shape index (κ1) is 24.6. The lowest BCUT2D eigenvalue weighted by Gasteiger charge is -2.23. The fourth-order valence-corrected chi connectivity index (χ4v) is 4.81. The van der Waals surface area contributed by atoms with Gasteiger partial charge in [0.15, 0.2) is 5.82 Å². The Morgan fingerprint density at radius 2 is 2.00 bits per heavy atom. The summed E-state index contributed by atoms with van der Waals surface area (Å²) in [5.74, 6) is 0.305. The molecular formula is C30H28FN5S. The molecule has 5 nitrogen and oxygen atoms in total. The van der Waals surface area contributed by atoms with E-state index in [1.807, 2.05) is 36.6 Å². The van der Waals surface area contributed by atoms with Crippen LogP contribution in [0.25, 0.3) is 22.4 Å². The van der Waals surface area contributed by atoms with Crippen LogP contribution in [0.1, 0.15) is 42.9 Å². The summed E-state index contributed by atoms with van der Waals surface area (Å²) in [6, 6.07) is 9.25. The molecule has 7 heteroatoms. The fraction of sp³-hybridized carbons (Fsp3) is 0.167. The number of hydrogen-bond acceptors (Lipinski definition) is 5. The molecule has 0 bridgehead atoms. The number of allylic oxidation sites excluding steroid dienone is 3. The van der Waals surface area contributed by atoms with Gasteiger partial charge in [0.2, 0.25) is 0 Å². The number of rotatable bonds is 7. The Balaban J connectivity index is 1.54. The predicted molar refractivity (Wildman–Crippen MR) is 150 cm³/mol. The molecule has 4 aromatic rings. The molecule has 186 valence electrons. The average Bonchev–Trinajstić information content (AvgIpc) is 3.49. The highest BCUT2D eigenvalue weighted by Gasteiger charge is 2.21. The summed E-state index contributed by atoms with van der Waals surface area (Å²) < 4.78 is 15.1. The fourth-order valence-electron chi connectivity index (χ4n) is 4.05. The second-order valence-electron chi connectivity index (χ2n) is 9.98. The standard InChI is InChI=1S/C30H28FN5S/c1-7-9-21(26-10-8-11-37-26)27-17(2)33-29(36-27)28-23-13-22(24(31)14-25(23)35-28)19-12-20(16-32-15-19)34-18(3)30(4,5)6/h7-16,34H,1,3H2,2,4-6H3,(H,33,36)/b21-9-. The maximum absolute atomic E-state index is 15.1. The van der Waals surface area contributed by atoms with Gasteiger partial charge in [-0.15, -0.1) is 11.3 Å². The lowest BCUT2D eigenvalue weighted by Crippen LogP contribution is -2.36. The normalized spacial score (nSPS) is 13.0. The highest BCUT2D eigenvalue weighted by Crippen LogP contribution is 2.31. The summed E-state index contributed by atoms with van der Waals surface area (Å²) in [5.41, 5.74) is 6.10. The second kappa shape index (κ2) is 9.41. The summed E-state index contributed by atoms with van der Waals surface area (Å²) >= 11 is 1.65. The number of thiophene rings is 1. The lowest BCUT2D eigenvalue weighted by atomic mass is 9.93. The number of aromatic amines is 1. The van der Waals surface area contributed by atoms with Crippen LogP contribution in [0.5, 0.6) is 0 Å². The quantitative estimate of drug-likeness (QED) is 0.285. The number of imidazole rings is 1. The predicted octanol–water partition coefficient (Wildman–Crippen LogP) is 6.36. The Kier molecular flexibility index (Phi) is 6.25. The van der Waals surface area contributed by atoms with Crippen LogP contribution in [0.2, 0.25) is 0 Å². The molecule has 0 atom stereocenters. The molecule has 0 saturated carbocycles. The molecule has 0 radical (unpaired) electrons. The molecule has 3 aromatic heterocycles. The number of hydrogen-bond donors (Lipinski definition) is 2. The van der Waals surface area contributed by atoms with E-state index in [0.29, 0.717) is 28.0 Å². The van der Waals surface area contributed by atoms with E-state index in [1.165, 1.54) is 6.07 Å². The van der Waals surface area contributed by atoms with Crippen molar-refractivity contribution in [3.8, 4) is 11.1 Å². The van der Waals surface area contributed by atoms with E-state index in [0.717, 1.165) is 38.4 Å². The third-order valence-electron chi connectivity index (χ3n) is 6.26. The Morgan fingerprint density at radius 3 is 2.70 bits per heavy atom. The zero-order chi connectivity index (χ0) is 26.3. The van der Waals surface area contributed by atoms with Gasteiger partial charge in [-0.05, 0) is 30.5 Å². The Bertz CT molecular complexity index is 1680. The van der Waals surface area contributed by atoms with Crippen molar-refractivity contribution < 1.29 is 4.39 Å². The van der Waals surface area contributed by atoms with Crippen molar-refractivity contribution in [3.05, 3.63) is 118 Å². The second-order valence-corrected chi connectivity index (χ2v) is 10.9. The smallest absolute Gasteiger partial charge is 0.157 e. The van der Waals surface area contributed by atoms with Crippen LogP contribution >= 0.6 is 11.3 Å². The number of aromatic nitrogens is 3. The molecule has 4 heterocycles. The minimum absolute atomic E-state index is 0.119. The van der Waals surface area contributed by atoms with Gasteiger partial charge in [-0.1, -0.05) is 52.1 Å².